The number of hydrogen-bond donors (Lipinski definition) is 1. The van der Waals surface area contributed by atoms with Crippen LogP contribution in [0.4, 0.5) is 4.39 Å². The average molecular weight is 276 g/mol. The van der Waals surface area contributed by atoms with E-state index in [9.17, 15) is 4.39 Å². The highest BCUT2D eigenvalue weighted by molar-refractivity contribution is 7.71. The van der Waals surface area contributed by atoms with E-state index in [0.29, 0.717) is 16.4 Å². The second-order valence-corrected chi connectivity index (χ2v) is 5.43. The first-order valence-electron chi connectivity index (χ1n) is 6.27. The van der Waals surface area contributed by atoms with Crippen LogP contribution in [-0.2, 0) is 0 Å². The Bertz CT molecular complexity index is 674. The minimum absolute atomic E-state index is 0.271. The minimum atomic E-state index is -0.271. The summed E-state index contributed by atoms with van der Waals surface area (Å²) in [6, 6.07) is 4.68. The summed E-state index contributed by atoms with van der Waals surface area (Å²) < 4.78 is 14.0. The van der Waals surface area contributed by atoms with Crippen LogP contribution in [0.5, 0.6) is 0 Å². The molecule has 19 heavy (non-hydrogen) atoms. The van der Waals surface area contributed by atoms with Crippen LogP contribution in [0.15, 0.2) is 18.2 Å². The summed E-state index contributed by atoms with van der Waals surface area (Å²) in [7, 11) is 0. The van der Waals surface area contributed by atoms with Gasteiger partial charge in [-0.2, -0.15) is 0 Å². The van der Waals surface area contributed by atoms with Crippen molar-refractivity contribution in [3.8, 4) is 11.4 Å². The molecule has 1 aromatic heterocycles. The third-order valence-electron chi connectivity index (χ3n) is 3.19. The van der Waals surface area contributed by atoms with Gasteiger partial charge in [-0.15, -0.1) is 0 Å². The van der Waals surface area contributed by atoms with Crippen LogP contribution in [-0.4, -0.2) is 9.97 Å². The SMILES string of the molecule is Cc1ccc(F)cc1-c1nc(=S)c(C(C)C)c(C)[nH]1. The van der Waals surface area contributed by atoms with Gasteiger partial charge in [-0.05, 0) is 37.5 Å². The summed E-state index contributed by atoms with van der Waals surface area (Å²) in [5.74, 6) is 0.676. The number of rotatable bonds is 2. The standard InChI is InChI=1S/C15H17FN2S/c1-8(2)13-10(4)17-14(18-15(13)19)12-7-11(16)6-5-9(12)3/h5-8H,1-4H3,(H,17,18,19). The Hall–Kier alpha value is -1.55. The fourth-order valence-corrected chi connectivity index (χ4v) is 2.73. The number of aryl methyl sites for hydroxylation is 2. The molecule has 0 fully saturated rings. The minimum Gasteiger partial charge on any atom is -0.343 e. The third-order valence-corrected chi connectivity index (χ3v) is 3.50. The van der Waals surface area contributed by atoms with Gasteiger partial charge in [0.05, 0.1) is 0 Å². The van der Waals surface area contributed by atoms with Crippen molar-refractivity contribution in [2.24, 2.45) is 0 Å². The molecule has 0 atom stereocenters. The molecule has 2 nitrogen and oxygen atoms in total. The maximum Gasteiger partial charge on any atom is 0.139 e. The second-order valence-electron chi connectivity index (χ2n) is 5.04. The zero-order valence-electron chi connectivity index (χ0n) is 11.5. The van der Waals surface area contributed by atoms with Crippen molar-refractivity contribution in [2.45, 2.75) is 33.6 Å². The molecule has 0 bridgehead atoms. The Morgan fingerprint density at radius 3 is 2.53 bits per heavy atom. The summed E-state index contributed by atoms with van der Waals surface area (Å²) >= 11 is 5.35. The van der Waals surface area contributed by atoms with Gasteiger partial charge in [0.25, 0.3) is 0 Å². The van der Waals surface area contributed by atoms with Crippen LogP contribution in [0.3, 0.4) is 0 Å². The van der Waals surface area contributed by atoms with E-state index in [2.05, 4.69) is 23.8 Å². The van der Waals surface area contributed by atoms with Gasteiger partial charge >= 0.3 is 0 Å². The molecule has 0 aliphatic carbocycles. The number of nitrogens with one attached hydrogen (secondary N) is 1. The van der Waals surface area contributed by atoms with Gasteiger partial charge in [0.1, 0.15) is 16.3 Å². The molecule has 0 amide bonds. The van der Waals surface area contributed by atoms with Crippen molar-refractivity contribution in [3.05, 3.63) is 45.5 Å². The smallest absolute Gasteiger partial charge is 0.139 e. The van der Waals surface area contributed by atoms with Crippen LogP contribution >= 0.6 is 12.2 Å². The fourth-order valence-electron chi connectivity index (χ4n) is 2.25. The van der Waals surface area contributed by atoms with E-state index in [1.54, 1.807) is 6.07 Å². The zero-order valence-corrected chi connectivity index (χ0v) is 12.4. The number of benzene rings is 1. The largest absolute Gasteiger partial charge is 0.343 e. The lowest BCUT2D eigenvalue weighted by atomic mass is 10.0. The zero-order chi connectivity index (χ0) is 14.2. The van der Waals surface area contributed by atoms with Gasteiger partial charge in [0.2, 0.25) is 0 Å². The molecule has 0 unspecified atom stereocenters. The Morgan fingerprint density at radius 2 is 1.95 bits per heavy atom. The molecule has 1 heterocycles. The molecule has 100 valence electrons. The molecular formula is C15H17FN2S. The van der Waals surface area contributed by atoms with Crippen molar-refractivity contribution in [2.75, 3.05) is 0 Å². The highest BCUT2D eigenvalue weighted by atomic mass is 32.1. The summed E-state index contributed by atoms with van der Waals surface area (Å²) in [5, 5.41) is 0. The van der Waals surface area contributed by atoms with Gasteiger partial charge in [-0.1, -0.05) is 32.1 Å². The van der Waals surface area contributed by atoms with Gasteiger partial charge in [-0.3, -0.25) is 0 Å². The Morgan fingerprint density at radius 1 is 1.26 bits per heavy atom. The topological polar surface area (TPSA) is 28.7 Å². The predicted molar refractivity (Wildman–Crippen MR) is 78.4 cm³/mol. The molecule has 0 aliphatic heterocycles. The number of hydrogen-bond acceptors (Lipinski definition) is 2. The van der Waals surface area contributed by atoms with Crippen LogP contribution in [0.2, 0.25) is 0 Å². The fraction of sp³-hybridized carbons (Fsp3) is 0.333. The molecule has 2 aromatic rings. The Balaban J connectivity index is 2.65. The van der Waals surface area contributed by atoms with Crippen LogP contribution in [0.1, 0.15) is 36.6 Å². The number of halogens is 1. The first-order chi connectivity index (χ1) is 8.90. The highest BCUT2D eigenvalue weighted by Gasteiger charge is 2.12. The van der Waals surface area contributed by atoms with Crippen LogP contribution in [0.25, 0.3) is 11.4 Å². The summed E-state index contributed by atoms with van der Waals surface area (Å²) in [4.78, 5) is 7.66. The molecule has 1 aromatic carbocycles. The van der Waals surface area contributed by atoms with Gasteiger partial charge in [-0.25, -0.2) is 9.37 Å². The van der Waals surface area contributed by atoms with E-state index in [1.165, 1.54) is 12.1 Å². The molecule has 0 radical (unpaired) electrons. The first-order valence-corrected chi connectivity index (χ1v) is 6.68. The van der Waals surface area contributed by atoms with Crippen molar-refractivity contribution in [1.82, 2.24) is 9.97 Å². The molecule has 0 saturated heterocycles. The van der Waals surface area contributed by atoms with Crippen molar-refractivity contribution < 1.29 is 4.39 Å². The van der Waals surface area contributed by atoms with Gasteiger partial charge < -0.3 is 4.98 Å². The van der Waals surface area contributed by atoms with E-state index >= 15 is 0 Å². The number of aromatic nitrogens is 2. The molecular weight excluding hydrogens is 259 g/mol. The lowest BCUT2D eigenvalue weighted by Gasteiger charge is -2.13. The summed E-state index contributed by atoms with van der Waals surface area (Å²) in [6.45, 7) is 8.07. The molecule has 1 N–H and O–H groups in total. The quantitative estimate of drug-likeness (QED) is 0.806. The van der Waals surface area contributed by atoms with Crippen LogP contribution < -0.4 is 0 Å². The molecule has 0 saturated carbocycles. The van der Waals surface area contributed by atoms with E-state index in [-0.39, 0.29) is 5.82 Å². The second kappa shape index (κ2) is 5.21. The maximum atomic E-state index is 13.4. The normalized spacial score (nSPS) is 11.1. The Kier molecular flexibility index (Phi) is 3.80. The number of nitrogens with zero attached hydrogens (tertiary/aromatic N) is 1. The van der Waals surface area contributed by atoms with Gasteiger partial charge in [0, 0.05) is 16.8 Å². The highest BCUT2D eigenvalue weighted by Crippen LogP contribution is 2.25. The van der Waals surface area contributed by atoms with E-state index in [1.807, 2.05) is 13.8 Å². The lowest BCUT2D eigenvalue weighted by molar-refractivity contribution is 0.627. The van der Waals surface area contributed by atoms with Crippen molar-refractivity contribution in [1.29, 1.82) is 0 Å². The molecule has 2 rings (SSSR count). The molecule has 0 spiro atoms. The van der Waals surface area contributed by atoms with Crippen LogP contribution in [0, 0.1) is 24.3 Å². The average Bonchev–Trinajstić information content (AvgIpc) is 2.30. The first kappa shape index (κ1) is 13.9. The van der Waals surface area contributed by atoms with E-state index in [0.717, 1.165) is 22.4 Å². The summed E-state index contributed by atoms with van der Waals surface area (Å²) in [5.41, 5.74) is 3.77. The van der Waals surface area contributed by atoms with Gasteiger partial charge in [0.15, 0.2) is 0 Å². The molecule has 0 aliphatic rings. The van der Waals surface area contributed by atoms with Crippen molar-refractivity contribution in [3.63, 3.8) is 0 Å². The Labute approximate surface area is 117 Å². The number of aromatic amines is 1. The van der Waals surface area contributed by atoms with E-state index < -0.39 is 0 Å². The summed E-state index contributed by atoms with van der Waals surface area (Å²) in [6.07, 6.45) is 0. The third kappa shape index (κ3) is 2.73. The lowest BCUT2D eigenvalue weighted by Crippen LogP contribution is -2.02. The van der Waals surface area contributed by atoms with E-state index in [4.69, 9.17) is 12.2 Å². The monoisotopic (exact) mass is 276 g/mol. The maximum absolute atomic E-state index is 13.4. The predicted octanol–water partition coefficient (Wildman–Crippen LogP) is 4.69. The molecule has 4 heteroatoms. The van der Waals surface area contributed by atoms with Crippen molar-refractivity contribution >= 4 is 12.2 Å². The number of H-pyrrole nitrogens is 1.